The molecule has 0 spiro atoms. The number of pyridine rings is 1. The molecule has 0 bridgehead atoms. The minimum absolute atomic E-state index is 0.0570. The third-order valence-electron chi connectivity index (χ3n) is 3.73. The Balaban J connectivity index is 2.09. The molecule has 1 aliphatic heterocycles. The fourth-order valence-electron chi connectivity index (χ4n) is 2.41. The molecule has 4 nitrogen and oxygen atoms in total. The molecule has 114 valence electrons. The number of alkyl halides is 3. The van der Waals surface area contributed by atoms with Crippen LogP contribution in [-0.2, 0) is 6.18 Å². The predicted molar refractivity (Wildman–Crippen MR) is 71.0 cm³/mol. The molecule has 2 rings (SSSR count). The zero-order chi connectivity index (χ0) is 15.6. The first-order valence-electron chi connectivity index (χ1n) is 6.60. The number of hydrogen-bond donors (Lipinski definition) is 1. The SMILES string of the molecule is C[C@@H](C#N)[NH+]1CCN(c2[nH+]cc(C(F)(F)F)cc2Cl)CC1. The maximum atomic E-state index is 12.6. The average molecular weight is 321 g/mol. The maximum Gasteiger partial charge on any atom is 0.419 e. The van der Waals surface area contributed by atoms with Crippen LogP contribution in [0.2, 0.25) is 5.02 Å². The van der Waals surface area contributed by atoms with Crippen molar-refractivity contribution in [3.8, 4) is 6.07 Å². The Morgan fingerprint density at radius 3 is 2.52 bits per heavy atom. The molecule has 1 aromatic rings. The van der Waals surface area contributed by atoms with Crippen molar-refractivity contribution >= 4 is 17.4 Å². The Bertz CT molecular complexity index is 547. The van der Waals surface area contributed by atoms with E-state index in [4.69, 9.17) is 16.9 Å². The summed E-state index contributed by atoms with van der Waals surface area (Å²) in [5.41, 5.74) is -0.793. The molecule has 0 amide bonds. The number of anilines is 1. The summed E-state index contributed by atoms with van der Waals surface area (Å²) < 4.78 is 37.8. The summed E-state index contributed by atoms with van der Waals surface area (Å²) in [6.45, 7) is 4.65. The molecule has 1 saturated heterocycles. The summed E-state index contributed by atoms with van der Waals surface area (Å²) in [5.74, 6) is 0.494. The van der Waals surface area contributed by atoms with Gasteiger partial charge < -0.3 is 4.90 Å². The normalized spacial score (nSPS) is 18.4. The second-order valence-corrected chi connectivity index (χ2v) is 5.49. The molecule has 1 fully saturated rings. The lowest BCUT2D eigenvalue weighted by molar-refractivity contribution is -0.915. The molecule has 0 aliphatic carbocycles. The van der Waals surface area contributed by atoms with E-state index < -0.39 is 11.7 Å². The van der Waals surface area contributed by atoms with Gasteiger partial charge in [0, 0.05) is 6.92 Å². The van der Waals surface area contributed by atoms with Crippen molar-refractivity contribution in [3.05, 3.63) is 22.8 Å². The monoisotopic (exact) mass is 320 g/mol. The number of H-pyrrole nitrogens is 1. The van der Waals surface area contributed by atoms with Gasteiger partial charge in [-0.1, -0.05) is 11.6 Å². The van der Waals surface area contributed by atoms with Gasteiger partial charge in [0.25, 0.3) is 5.82 Å². The number of halogens is 4. The topological polar surface area (TPSA) is 45.6 Å². The zero-order valence-corrected chi connectivity index (χ0v) is 12.2. The van der Waals surface area contributed by atoms with E-state index in [1.807, 2.05) is 11.8 Å². The fraction of sp³-hybridized carbons (Fsp3) is 0.538. The lowest BCUT2D eigenvalue weighted by Crippen LogP contribution is -3.17. The molecule has 2 N–H and O–H groups in total. The molecule has 21 heavy (non-hydrogen) atoms. The molecule has 1 aromatic heterocycles. The Hall–Kier alpha value is -1.52. The molecule has 0 unspecified atom stereocenters. The quantitative estimate of drug-likeness (QED) is 0.876. The van der Waals surface area contributed by atoms with Gasteiger partial charge in [0.1, 0.15) is 43.5 Å². The van der Waals surface area contributed by atoms with Crippen LogP contribution >= 0.6 is 11.6 Å². The van der Waals surface area contributed by atoms with E-state index in [2.05, 4.69) is 11.1 Å². The summed E-state index contributed by atoms with van der Waals surface area (Å²) in [5, 5.41) is 8.96. The third kappa shape index (κ3) is 3.57. The van der Waals surface area contributed by atoms with E-state index in [-0.39, 0.29) is 11.1 Å². The van der Waals surface area contributed by atoms with Crippen LogP contribution in [0.5, 0.6) is 0 Å². The third-order valence-corrected chi connectivity index (χ3v) is 4.02. The van der Waals surface area contributed by atoms with Gasteiger partial charge in [-0.2, -0.15) is 18.4 Å². The van der Waals surface area contributed by atoms with Crippen LogP contribution in [0.3, 0.4) is 0 Å². The first-order valence-corrected chi connectivity index (χ1v) is 6.98. The van der Waals surface area contributed by atoms with Crippen molar-refractivity contribution in [1.82, 2.24) is 0 Å². The largest absolute Gasteiger partial charge is 0.419 e. The maximum absolute atomic E-state index is 12.6. The summed E-state index contributed by atoms with van der Waals surface area (Å²) in [6.07, 6.45) is -3.48. The molecule has 1 aliphatic rings. The minimum Gasteiger partial charge on any atom is -0.314 e. The summed E-state index contributed by atoms with van der Waals surface area (Å²) in [4.78, 5) is 5.73. The van der Waals surface area contributed by atoms with Gasteiger partial charge in [-0.15, -0.1) is 0 Å². The highest BCUT2D eigenvalue weighted by Crippen LogP contribution is 2.31. The van der Waals surface area contributed by atoms with Crippen LogP contribution in [0.4, 0.5) is 19.0 Å². The van der Waals surface area contributed by atoms with Crippen LogP contribution in [0.1, 0.15) is 12.5 Å². The molecule has 8 heteroatoms. The number of nitriles is 1. The van der Waals surface area contributed by atoms with E-state index in [1.54, 1.807) is 0 Å². The van der Waals surface area contributed by atoms with E-state index in [1.165, 1.54) is 4.90 Å². The zero-order valence-electron chi connectivity index (χ0n) is 11.5. The van der Waals surface area contributed by atoms with Gasteiger partial charge in [-0.3, -0.25) is 0 Å². The Labute approximate surface area is 125 Å². The highest BCUT2D eigenvalue weighted by atomic mass is 35.5. The smallest absolute Gasteiger partial charge is 0.314 e. The minimum atomic E-state index is -4.41. The second kappa shape index (κ2) is 6.08. The number of aromatic amines is 1. The standard InChI is InChI=1S/C13H14ClF3N4/c1-9(7-18)20-2-4-21(5-3-20)12-11(14)6-10(8-19-12)13(15,16)17/h6,8-9H,2-5H2,1H3/p+2/t9-/m0/s1. The number of hydrogen-bond acceptors (Lipinski definition) is 2. The summed E-state index contributed by atoms with van der Waals surface area (Å²) >= 11 is 5.96. The van der Waals surface area contributed by atoms with Gasteiger partial charge in [-0.25, -0.2) is 9.88 Å². The lowest BCUT2D eigenvalue weighted by Gasteiger charge is -2.29. The number of nitrogens with one attached hydrogen (secondary N) is 2. The predicted octanol–water partition coefficient (Wildman–Crippen LogP) is 0.790. The van der Waals surface area contributed by atoms with Crippen molar-refractivity contribution in [3.63, 3.8) is 0 Å². The lowest BCUT2D eigenvalue weighted by atomic mass is 10.2. The van der Waals surface area contributed by atoms with Crippen molar-refractivity contribution in [1.29, 1.82) is 5.26 Å². The van der Waals surface area contributed by atoms with Crippen molar-refractivity contribution in [2.24, 2.45) is 0 Å². The van der Waals surface area contributed by atoms with Crippen LogP contribution < -0.4 is 14.8 Å². The van der Waals surface area contributed by atoms with Crippen LogP contribution in [-0.4, -0.2) is 32.2 Å². The molecule has 2 heterocycles. The Morgan fingerprint density at radius 2 is 2.05 bits per heavy atom. The van der Waals surface area contributed by atoms with Gasteiger partial charge >= 0.3 is 6.18 Å². The number of piperazine rings is 1. The summed E-state index contributed by atoms with van der Waals surface area (Å²) in [6, 6.07) is 3.06. The van der Waals surface area contributed by atoms with Crippen molar-refractivity contribution < 1.29 is 23.1 Å². The fourth-order valence-corrected chi connectivity index (χ4v) is 2.70. The number of nitrogens with zero attached hydrogens (tertiary/aromatic N) is 2. The molecule has 0 saturated carbocycles. The Kier molecular flexibility index (Phi) is 4.59. The first-order chi connectivity index (χ1) is 9.82. The van der Waals surface area contributed by atoms with Gasteiger partial charge in [0.05, 0.1) is 5.56 Å². The van der Waals surface area contributed by atoms with E-state index in [0.717, 1.165) is 25.4 Å². The van der Waals surface area contributed by atoms with E-state index in [0.29, 0.717) is 18.9 Å². The highest BCUT2D eigenvalue weighted by Gasteiger charge is 2.35. The Morgan fingerprint density at radius 1 is 1.43 bits per heavy atom. The van der Waals surface area contributed by atoms with Gasteiger partial charge in [0.15, 0.2) is 6.04 Å². The van der Waals surface area contributed by atoms with Crippen molar-refractivity contribution in [2.45, 2.75) is 19.1 Å². The number of aromatic nitrogens is 1. The average Bonchev–Trinajstić information content (AvgIpc) is 2.45. The molecule has 0 radical (unpaired) electrons. The highest BCUT2D eigenvalue weighted by molar-refractivity contribution is 6.32. The van der Waals surface area contributed by atoms with Crippen molar-refractivity contribution in [2.75, 3.05) is 31.1 Å². The van der Waals surface area contributed by atoms with Gasteiger partial charge in [-0.05, 0) is 6.07 Å². The van der Waals surface area contributed by atoms with E-state index >= 15 is 0 Å². The van der Waals surface area contributed by atoms with Crippen LogP contribution in [0.25, 0.3) is 0 Å². The molecule has 1 atom stereocenters. The second-order valence-electron chi connectivity index (χ2n) is 5.08. The van der Waals surface area contributed by atoms with Gasteiger partial charge in [0.2, 0.25) is 0 Å². The number of quaternary nitrogens is 1. The van der Waals surface area contributed by atoms with E-state index in [9.17, 15) is 13.2 Å². The van der Waals surface area contributed by atoms with Crippen LogP contribution in [0.15, 0.2) is 12.3 Å². The number of rotatable bonds is 2. The molecular weight excluding hydrogens is 305 g/mol. The molecule has 0 aromatic carbocycles. The van der Waals surface area contributed by atoms with Crippen LogP contribution in [0, 0.1) is 11.3 Å². The first kappa shape index (κ1) is 15.9. The molecular formula is C13H16ClF3N4+2. The summed E-state index contributed by atoms with van der Waals surface area (Å²) in [7, 11) is 0.